The van der Waals surface area contributed by atoms with Crippen LogP contribution in [0.2, 0.25) is 0 Å². The standard InChI is InChI=1S/C15H13BrFNO/c1-10-6-7-11(16)8-14(10)15(19)18(2)13-5-3-4-12(17)9-13/h3-9H,1-2H3. The highest BCUT2D eigenvalue weighted by molar-refractivity contribution is 9.10. The Hall–Kier alpha value is -1.68. The Bertz CT molecular complexity index is 627. The van der Waals surface area contributed by atoms with Crippen molar-refractivity contribution < 1.29 is 9.18 Å². The van der Waals surface area contributed by atoms with Crippen LogP contribution in [0, 0.1) is 12.7 Å². The van der Waals surface area contributed by atoms with Crippen molar-refractivity contribution in [2.24, 2.45) is 0 Å². The molecule has 2 aromatic carbocycles. The third kappa shape index (κ3) is 3.01. The number of anilines is 1. The van der Waals surface area contributed by atoms with E-state index in [1.807, 2.05) is 19.1 Å². The van der Waals surface area contributed by atoms with Crippen LogP contribution in [0.5, 0.6) is 0 Å². The van der Waals surface area contributed by atoms with Crippen molar-refractivity contribution in [3.05, 3.63) is 63.9 Å². The largest absolute Gasteiger partial charge is 0.311 e. The van der Waals surface area contributed by atoms with Crippen LogP contribution < -0.4 is 4.90 Å². The quantitative estimate of drug-likeness (QED) is 0.812. The zero-order valence-electron chi connectivity index (χ0n) is 10.7. The van der Waals surface area contributed by atoms with Crippen molar-refractivity contribution in [1.82, 2.24) is 0 Å². The van der Waals surface area contributed by atoms with Crippen LogP contribution in [0.25, 0.3) is 0 Å². The number of halogens is 2. The maximum atomic E-state index is 13.2. The van der Waals surface area contributed by atoms with Crippen molar-refractivity contribution in [2.75, 3.05) is 11.9 Å². The first kappa shape index (κ1) is 13.7. The Morgan fingerprint density at radius 3 is 2.63 bits per heavy atom. The van der Waals surface area contributed by atoms with Gasteiger partial charge in [0.05, 0.1) is 0 Å². The van der Waals surface area contributed by atoms with E-state index in [1.165, 1.54) is 17.0 Å². The lowest BCUT2D eigenvalue weighted by atomic mass is 10.1. The number of carbonyl (C=O) groups excluding carboxylic acids is 1. The molecule has 0 N–H and O–H groups in total. The van der Waals surface area contributed by atoms with Gasteiger partial charge >= 0.3 is 0 Å². The molecule has 0 heterocycles. The number of amides is 1. The van der Waals surface area contributed by atoms with Gasteiger partial charge in [0, 0.05) is 22.8 Å². The van der Waals surface area contributed by atoms with Crippen LogP contribution in [-0.4, -0.2) is 13.0 Å². The highest BCUT2D eigenvalue weighted by atomic mass is 79.9. The van der Waals surface area contributed by atoms with Gasteiger partial charge in [-0.05, 0) is 42.8 Å². The second-order valence-corrected chi connectivity index (χ2v) is 5.22. The summed E-state index contributed by atoms with van der Waals surface area (Å²) >= 11 is 3.35. The zero-order valence-corrected chi connectivity index (χ0v) is 12.2. The molecule has 0 radical (unpaired) electrons. The number of aryl methyl sites for hydroxylation is 1. The highest BCUT2D eigenvalue weighted by Crippen LogP contribution is 2.21. The fourth-order valence-electron chi connectivity index (χ4n) is 1.81. The minimum Gasteiger partial charge on any atom is -0.311 e. The summed E-state index contributed by atoms with van der Waals surface area (Å²) in [6.45, 7) is 1.87. The zero-order chi connectivity index (χ0) is 14.0. The average molecular weight is 322 g/mol. The van der Waals surface area contributed by atoms with Crippen LogP contribution in [0.4, 0.5) is 10.1 Å². The fraction of sp³-hybridized carbons (Fsp3) is 0.133. The van der Waals surface area contributed by atoms with E-state index in [0.717, 1.165) is 10.0 Å². The van der Waals surface area contributed by atoms with Crippen molar-refractivity contribution >= 4 is 27.5 Å². The lowest BCUT2D eigenvalue weighted by Gasteiger charge is -2.18. The molecule has 2 aromatic rings. The predicted octanol–water partition coefficient (Wildman–Crippen LogP) is 4.17. The van der Waals surface area contributed by atoms with E-state index < -0.39 is 0 Å². The molecule has 2 nitrogen and oxygen atoms in total. The number of carbonyl (C=O) groups is 1. The van der Waals surface area contributed by atoms with E-state index in [2.05, 4.69) is 15.9 Å². The molecule has 0 spiro atoms. The van der Waals surface area contributed by atoms with E-state index in [-0.39, 0.29) is 11.7 Å². The van der Waals surface area contributed by atoms with E-state index in [4.69, 9.17) is 0 Å². The van der Waals surface area contributed by atoms with Crippen LogP contribution in [0.3, 0.4) is 0 Å². The van der Waals surface area contributed by atoms with Crippen LogP contribution in [0.1, 0.15) is 15.9 Å². The number of hydrogen-bond acceptors (Lipinski definition) is 1. The lowest BCUT2D eigenvalue weighted by molar-refractivity contribution is 0.0992. The third-order valence-electron chi connectivity index (χ3n) is 2.93. The minimum absolute atomic E-state index is 0.163. The Balaban J connectivity index is 2.36. The van der Waals surface area contributed by atoms with Gasteiger partial charge in [0.1, 0.15) is 5.82 Å². The van der Waals surface area contributed by atoms with E-state index in [0.29, 0.717) is 11.3 Å². The number of hydrogen-bond donors (Lipinski definition) is 0. The van der Waals surface area contributed by atoms with Gasteiger partial charge < -0.3 is 4.90 Å². The van der Waals surface area contributed by atoms with Gasteiger partial charge in [-0.3, -0.25) is 4.79 Å². The Labute approximate surface area is 120 Å². The summed E-state index contributed by atoms with van der Waals surface area (Å²) in [6.07, 6.45) is 0. The first-order valence-corrected chi connectivity index (χ1v) is 6.58. The van der Waals surface area contributed by atoms with Crippen LogP contribution in [0.15, 0.2) is 46.9 Å². The summed E-state index contributed by atoms with van der Waals surface area (Å²) in [5.41, 5.74) is 2.02. The maximum Gasteiger partial charge on any atom is 0.258 e. The maximum absolute atomic E-state index is 13.2. The number of nitrogens with zero attached hydrogens (tertiary/aromatic N) is 1. The van der Waals surface area contributed by atoms with Crippen molar-refractivity contribution in [3.63, 3.8) is 0 Å². The second kappa shape index (κ2) is 5.53. The lowest BCUT2D eigenvalue weighted by Crippen LogP contribution is -2.27. The second-order valence-electron chi connectivity index (χ2n) is 4.30. The normalized spacial score (nSPS) is 10.3. The smallest absolute Gasteiger partial charge is 0.258 e. The first-order chi connectivity index (χ1) is 8.99. The average Bonchev–Trinajstić information content (AvgIpc) is 2.40. The molecule has 0 fully saturated rings. The third-order valence-corrected chi connectivity index (χ3v) is 3.42. The highest BCUT2D eigenvalue weighted by Gasteiger charge is 2.16. The SMILES string of the molecule is Cc1ccc(Br)cc1C(=O)N(C)c1cccc(F)c1. The molecule has 0 aromatic heterocycles. The molecular weight excluding hydrogens is 309 g/mol. The molecule has 0 unspecified atom stereocenters. The minimum atomic E-state index is -0.358. The van der Waals surface area contributed by atoms with Gasteiger partial charge in [-0.15, -0.1) is 0 Å². The van der Waals surface area contributed by atoms with Gasteiger partial charge in [0.25, 0.3) is 5.91 Å². The topological polar surface area (TPSA) is 20.3 Å². The first-order valence-electron chi connectivity index (χ1n) is 5.79. The molecule has 1 amide bonds. The molecular formula is C15H13BrFNO. The van der Waals surface area contributed by atoms with E-state index >= 15 is 0 Å². The molecule has 0 saturated heterocycles. The Morgan fingerprint density at radius 1 is 1.21 bits per heavy atom. The van der Waals surface area contributed by atoms with Gasteiger partial charge in [-0.25, -0.2) is 4.39 Å². The summed E-state index contributed by atoms with van der Waals surface area (Å²) in [7, 11) is 1.64. The van der Waals surface area contributed by atoms with Gasteiger partial charge in [-0.1, -0.05) is 28.1 Å². The molecule has 0 atom stereocenters. The number of benzene rings is 2. The Kier molecular flexibility index (Phi) is 4.00. The van der Waals surface area contributed by atoms with Gasteiger partial charge in [0.15, 0.2) is 0 Å². The molecule has 4 heteroatoms. The fourth-order valence-corrected chi connectivity index (χ4v) is 2.17. The summed E-state index contributed by atoms with van der Waals surface area (Å²) in [5, 5.41) is 0. The molecule has 0 saturated carbocycles. The molecule has 0 aliphatic rings. The molecule has 0 aliphatic carbocycles. The molecule has 0 aliphatic heterocycles. The summed E-state index contributed by atoms with van der Waals surface area (Å²) in [4.78, 5) is 13.9. The summed E-state index contributed by atoms with van der Waals surface area (Å²) in [6, 6.07) is 11.5. The molecule has 2 rings (SSSR count). The predicted molar refractivity (Wildman–Crippen MR) is 78.0 cm³/mol. The molecule has 0 bridgehead atoms. The van der Waals surface area contributed by atoms with Gasteiger partial charge in [0.2, 0.25) is 0 Å². The van der Waals surface area contributed by atoms with Crippen molar-refractivity contribution in [2.45, 2.75) is 6.92 Å². The van der Waals surface area contributed by atoms with E-state index in [1.54, 1.807) is 25.2 Å². The van der Waals surface area contributed by atoms with Crippen LogP contribution in [-0.2, 0) is 0 Å². The van der Waals surface area contributed by atoms with Crippen molar-refractivity contribution in [1.29, 1.82) is 0 Å². The van der Waals surface area contributed by atoms with Gasteiger partial charge in [-0.2, -0.15) is 0 Å². The van der Waals surface area contributed by atoms with Crippen LogP contribution >= 0.6 is 15.9 Å². The van der Waals surface area contributed by atoms with E-state index in [9.17, 15) is 9.18 Å². The summed E-state index contributed by atoms with van der Waals surface area (Å²) < 4.78 is 14.0. The Morgan fingerprint density at radius 2 is 1.95 bits per heavy atom. The monoisotopic (exact) mass is 321 g/mol. The summed E-state index contributed by atoms with van der Waals surface area (Å²) in [5.74, 6) is -0.521. The molecule has 98 valence electrons. The van der Waals surface area contributed by atoms with Crippen molar-refractivity contribution in [3.8, 4) is 0 Å². The number of rotatable bonds is 2. The molecule has 19 heavy (non-hydrogen) atoms.